The molecule has 0 unspecified atom stereocenters. The molecule has 1 rings (SSSR count). The van der Waals surface area contributed by atoms with Crippen LogP contribution >= 0.6 is 0 Å². The highest BCUT2D eigenvalue weighted by Crippen LogP contribution is 2.04. The van der Waals surface area contributed by atoms with Crippen LogP contribution in [0.25, 0.3) is 0 Å². The van der Waals surface area contributed by atoms with Gasteiger partial charge in [-0.05, 0) is 32.4 Å². The second kappa shape index (κ2) is 6.38. The Bertz CT molecular complexity index is 446. The van der Waals surface area contributed by atoms with Crippen LogP contribution in [0.3, 0.4) is 0 Å². The van der Waals surface area contributed by atoms with E-state index in [1.165, 1.54) is 19.8 Å². The zero-order chi connectivity index (χ0) is 12.8. The van der Waals surface area contributed by atoms with Crippen molar-refractivity contribution in [1.82, 2.24) is 4.57 Å². The second-order valence-corrected chi connectivity index (χ2v) is 4.46. The highest BCUT2D eigenvalue weighted by Gasteiger charge is 2.09. The number of hydrogen-bond donors (Lipinski definition) is 0. The topological polar surface area (TPSA) is 39.1 Å². The van der Waals surface area contributed by atoms with Crippen LogP contribution in [-0.2, 0) is 6.54 Å². The molecule has 0 aromatic carbocycles. The number of nitrogens with zero attached hydrogens (tertiary/aromatic N) is 1. The number of rotatable bonds is 6. The molecule has 0 N–H and O–H groups in total. The van der Waals surface area contributed by atoms with Crippen LogP contribution in [0.4, 0.5) is 0 Å². The zero-order valence-corrected chi connectivity index (χ0v) is 11.0. The van der Waals surface area contributed by atoms with E-state index in [0.717, 1.165) is 18.5 Å². The van der Waals surface area contributed by atoms with Crippen molar-refractivity contribution in [2.75, 3.05) is 0 Å². The highest BCUT2D eigenvalue weighted by atomic mass is 16.1. The number of aryl methyl sites for hydroxylation is 1. The van der Waals surface area contributed by atoms with Crippen molar-refractivity contribution in [3.8, 4) is 0 Å². The molecule has 94 valence electrons. The first-order valence-electron chi connectivity index (χ1n) is 6.29. The molecule has 0 aliphatic carbocycles. The van der Waals surface area contributed by atoms with E-state index in [4.69, 9.17) is 0 Å². The van der Waals surface area contributed by atoms with Crippen molar-refractivity contribution in [3.05, 3.63) is 33.7 Å². The van der Waals surface area contributed by atoms with E-state index in [-0.39, 0.29) is 11.3 Å². The van der Waals surface area contributed by atoms with Crippen LogP contribution in [0, 0.1) is 6.92 Å². The molecule has 1 aromatic rings. The van der Waals surface area contributed by atoms with Gasteiger partial charge in [0.1, 0.15) is 0 Å². The maximum atomic E-state index is 12.0. The lowest BCUT2D eigenvalue weighted by atomic mass is 10.1. The lowest BCUT2D eigenvalue weighted by Crippen LogP contribution is -2.27. The van der Waals surface area contributed by atoms with Crippen LogP contribution < -0.4 is 5.56 Å². The molecule has 0 atom stereocenters. The van der Waals surface area contributed by atoms with E-state index in [2.05, 4.69) is 6.92 Å². The average molecular weight is 235 g/mol. The minimum atomic E-state index is -0.155. The summed E-state index contributed by atoms with van der Waals surface area (Å²) in [5, 5.41) is 0. The second-order valence-electron chi connectivity index (χ2n) is 4.46. The minimum Gasteiger partial charge on any atom is -0.312 e. The number of pyridine rings is 1. The fourth-order valence-electron chi connectivity index (χ4n) is 1.91. The third kappa shape index (κ3) is 3.55. The summed E-state index contributed by atoms with van der Waals surface area (Å²) in [6, 6.07) is 3.47. The molecule has 0 saturated heterocycles. The largest absolute Gasteiger partial charge is 0.312 e. The van der Waals surface area contributed by atoms with Gasteiger partial charge in [-0.2, -0.15) is 0 Å². The van der Waals surface area contributed by atoms with Gasteiger partial charge >= 0.3 is 0 Å². The predicted molar refractivity (Wildman–Crippen MR) is 69.6 cm³/mol. The summed E-state index contributed by atoms with van der Waals surface area (Å²) in [5.74, 6) is -0.155. The summed E-state index contributed by atoms with van der Waals surface area (Å²) in [6.07, 6.45) is 4.50. The molecule has 0 bridgehead atoms. The molecular weight excluding hydrogens is 214 g/mol. The fraction of sp³-hybridized carbons (Fsp3) is 0.571. The number of unbranched alkanes of at least 4 members (excludes halogenated alkanes) is 3. The Labute approximate surface area is 102 Å². The number of hydrogen-bond acceptors (Lipinski definition) is 2. The van der Waals surface area contributed by atoms with Gasteiger partial charge in [0.15, 0.2) is 5.78 Å². The molecule has 0 saturated carbocycles. The van der Waals surface area contributed by atoms with Crippen LogP contribution in [-0.4, -0.2) is 10.4 Å². The molecule has 1 heterocycles. The standard InChI is InChI=1S/C14H21NO2/c1-4-5-6-7-10-15-11(2)8-9-13(12(3)16)14(15)17/h8-9H,4-7,10H2,1-3H3. The molecule has 0 amide bonds. The number of ketones is 1. The molecule has 0 aliphatic heterocycles. The van der Waals surface area contributed by atoms with Gasteiger partial charge in [0.25, 0.3) is 5.56 Å². The monoisotopic (exact) mass is 235 g/mol. The molecule has 0 aliphatic rings. The lowest BCUT2D eigenvalue weighted by Gasteiger charge is -2.10. The van der Waals surface area contributed by atoms with Crippen LogP contribution in [0.2, 0.25) is 0 Å². The van der Waals surface area contributed by atoms with E-state index in [0.29, 0.717) is 12.1 Å². The molecule has 3 heteroatoms. The van der Waals surface area contributed by atoms with Crippen molar-refractivity contribution in [3.63, 3.8) is 0 Å². The first-order chi connectivity index (χ1) is 8.07. The van der Waals surface area contributed by atoms with Crippen molar-refractivity contribution >= 4 is 5.78 Å². The number of Topliss-reactive ketones (excluding diaryl/α,β-unsaturated/α-hetero) is 1. The van der Waals surface area contributed by atoms with E-state index in [1.807, 2.05) is 13.0 Å². The summed E-state index contributed by atoms with van der Waals surface area (Å²) in [7, 11) is 0. The SMILES string of the molecule is CCCCCCn1c(C)ccc(C(C)=O)c1=O. The molecule has 3 nitrogen and oxygen atoms in total. The van der Waals surface area contributed by atoms with Crippen molar-refractivity contribution in [2.45, 2.75) is 53.0 Å². The lowest BCUT2D eigenvalue weighted by molar-refractivity contribution is 0.101. The van der Waals surface area contributed by atoms with Gasteiger partial charge in [-0.15, -0.1) is 0 Å². The molecule has 17 heavy (non-hydrogen) atoms. The Kier molecular flexibility index (Phi) is 5.13. The molecule has 0 spiro atoms. The summed E-state index contributed by atoms with van der Waals surface area (Å²) < 4.78 is 1.71. The smallest absolute Gasteiger partial charge is 0.261 e. The molecule has 1 aromatic heterocycles. The molecular formula is C14H21NO2. The van der Waals surface area contributed by atoms with Gasteiger partial charge in [0.2, 0.25) is 0 Å². The van der Waals surface area contributed by atoms with Gasteiger partial charge in [0, 0.05) is 12.2 Å². The predicted octanol–water partition coefficient (Wildman–Crippen LogP) is 2.94. The third-order valence-electron chi connectivity index (χ3n) is 3.01. The van der Waals surface area contributed by atoms with Crippen molar-refractivity contribution in [2.24, 2.45) is 0 Å². The molecule has 0 radical (unpaired) electrons. The summed E-state index contributed by atoms with van der Waals surface area (Å²) in [4.78, 5) is 23.3. The Morgan fingerprint density at radius 1 is 1.24 bits per heavy atom. The number of carbonyl (C=O) groups excluding carboxylic acids is 1. The van der Waals surface area contributed by atoms with Crippen molar-refractivity contribution in [1.29, 1.82) is 0 Å². The van der Waals surface area contributed by atoms with Gasteiger partial charge in [-0.25, -0.2) is 0 Å². The Morgan fingerprint density at radius 3 is 2.53 bits per heavy atom. The summed E-state index contributed by atoms with van der Waals surface area (Å²) in [6.45, 7) is 6.22. The highest BCUT2D eigenvalue weighted by molar-refractivity contribution is 5.93. The summed E-state index contributed by atoms with van der Waals surface area (Å²) in [5.41, 5.74) is 1.08. The van der Waals surface area contributed by atoms with Gasteiger partial charge in [0.05, 0.1) is 5.56 Å². The Hall–Kier alpha value is -1.38. The Morgan fingerprint density at radius 2 is 1.94 bits per heavy atom. The average Bonchev–Trinajstić information content (AvgIpc) is 2.27. The maximum Gasteiger partial charge on any atom is 0.261 e. The van der Waals surface area contributed by atoms with Crippen LogP contribution in [0.5, 0.6) is 0 Å². The zero-order valence-electron chi connectivity index (χ0n) is 11.0. The summed E-state index contributed by atoms with van der Waals surface area (Å²) >= 11 is 0. The normalized spacial score (nSPS) is 10.5. The first kappa shape index (κ1) is 13.7. The first-order valence-corrected chi connectivity index (χ1v) is 6.29. The van der Waals surface area contributed by atoms with Gasteiger partial charge in [-0.3, -0.25) is 9.59 Å². The third-order valence-corrected chi connectivity index (χ3v) is 3.01. The minimum absolute atomic E-state index is 0.144. The molecule has 0 fully saturated rings. The van der Waals surface area contributed by atoms with E-state index in [9.17, 15) is 9.59 Å². The van der Waals surface area contributed by atoms with Crippen LogP contribution in [0.15, 0.2) is 16.9 Å². The van der Waals surface area contributed by atoms with Gasteiger partial charge < -0.3 is 4.57 Å². The maximum absolute atomic E-state index is 12.0. The van der Waals surface area contributed by atoms with Crippen LogP contribution in [0.1, 0.15) is 55.6 Å². The fourth-order valence-corrected chi connectivity index (χ4v) is 1.91. The quantitative estimate of drug-likeness (QED) is 0.561. The van der Waals surface area contributed by atoms with Crippen molar-refractivity contribution < 1.29 is 4.79 Å². The van der Waals surface area contributed by atoms with E-state index < -0.39 is 0 Å². The van der Waals surface area contributed by atoms with Gasteiger partial charge in [-0.1, -0.05) is 26.2 Å². The number of carbonyl (C=O) groups is 1. The van der Waals surface area contributed by atoms with E-state index >= 15 is 0 Å². The number of aromatic nitrogens is 1. The Balaban J connectivity index is 2.87. The van der Waals surface area contributed by atoms with E-state index in [1.54, 1.807) is 10.6 Å².